The summed E-state index contributed by atoms with van der Waals surface area (Å²) in [6.45, 7) is 4.47. The fourth-order valence-electron chi connectivity index (χ4n) is 3.06. The Balaban J connectivity index is 5.14. The van der Waals surface area contributed by atoms with E-state index < -0.39 is 66.1 Å². The molecule has 2 unspecified atom stereocenters. The lowest BCUT2D eigenvalue weighted by Gasteiger charge is -2.24. The van der Waals surface area contributed by atoms with E-state index in [1.807, 2.05) is 6.92 Å². The van der Waals surface area contributed by atoms with Gasteiger partial charge >= 0.3 is 24.0 Å². The van der Waals surface area contributed by atoms with Gasteiger partial charge in [0, 0.05) is 6.42 Å². The summed E-state index contributed by atoms with van der Waals surface area (Å²) in [6.07, 6.45) is 0.903. The standard InChI is InChI=1S/C22H38N4O10/c1-4-5-6-7-11-16(27)26-17(21(33)34)13(3)36-22(35)25-15(10-8-9-14(23)20(31)32)18(28)24-12(2)19(29)30/h12-15,17H,4-11,23H2,1-3H3,(H,24,28)(H,25,35)(H,26,27)(H,29,30)(H,31,32)(H,33,34)/t12?,13-,14?,15-,17-/m0/s1. The van der Waals surface area contributed by atoms with Crippen molar-refractivity contribution >= 4 is 35.8 Å². The number of hydrogen-bond acceptors (Lipinski definition) is 8. The number of carboxylic acid groups (broad SMARTS) is 3. The van der Waals surface area contributed by atoms with Crippen molar-refractivity contribution in [2.24, 2.45) is 5.73 Å². The minimum atomic E-state index is -1.54. The van der Waals surface area contributed by atoms with Crippen LogP contribution in [0.2, 0.25) is 0 Å². The maximum Gasteiger partial charge on any atom is 0.408 e. The summed E-state index contributed by atoms with van der Waals surface area (Å²) in [6, 6.07) is -5.33. The maximum atomic E-state index is 12.5. The number of ether oxygens (including phenoxy) is 1. The zero-order valence-corrected chi connectivity index (χ0v) is 20.8. The van der Waals surface area contributed by atoms with Crippen LogP contribution < -0.4 is 21.7 Å². The quantitative estimate of drug-likeness (QED) is 0.121. The van der Waals surface area contributed by atoms with Crippen molar-refractivity contribution in [3.8, 4) is 0 Å². The summed E-state index contributed by atoms with van der Waals surface area (Å²) in [5, 5.41) is 34.0. The molecule has 0 aliphatic carbocycles. The van der Waals surface area contributed by atoms with Crippen LogP contribution in [0, 0.1) is 0 Å². The molecule has 0 aliphatic rings. The molecule has 0 spiro atoms. The number of carbonyl (C=O) groups is 6. The Hall–Kier alpha value is -3.42. The van der Waals surface area contributed by atoms with Crippen molar-refractivity contribution in [1.82, 2.24) is 16.0 Å². The Bertz CT molecular complexity index is 776. The molecule has 8 N–H and O–H groups in total. The van der Waals surface area contributed by atoms with E-state index in [1.165, 1.54) is 13.8 Å². The molecule has 0 rings (SSSR count). The lowest BCUT2D eigenvalue weighted by atomic mass is 10.0. The third-order valence-electron chi connectivity index (χ3n) is 5.27. The smallest absolute Gasteiger partial charge is 0.408 e. The Morgan fingerprint density at radius 1 is 0.806 bits per heavy atom. The molecule has 0 aromatic carbocycles. The van der Waals surface area contributed by atoms with Gasteiger partial charge in [-0.2, -0.15) is 0 Å². The van der Waals surface area contributed by atoms with E-state index in [9.17, 15) is 33.9 Å². The third-order valence-corrected chi connectivity index (χ3v) is 5.27. The molecule has 0 bridgehead atoms. The van der Waals surface area contributed by atoms with E-state index in [0.717, 1.165) is 19.3 Å². The number of hydrogen-bond donors (Lipinski definition) is 7. The van der Waals surface area contributed by atoms with Gasteiger partial charge in [0.05, 0.1) is 0 Å². The Labute approximate surface area is 209 Å². The van der Waals surface area contributed by atoms with Crippen molar-refractivity contribution in [3.63, 3.8) is 0 Å². The highest BCUT2D eigenvalue weighted by Crippen LogP contribution is 2.08. The summed E-state index contributed by atoms with van der Waals surface area (Å²) in [7, 11) is 0. The third kappa shape index (κ3) is 13.5. The van der Waals surface area contributed by atoms with Crippen LogP contribution in [-0.2, 0) is 28.7 Å². The number of nitrogens with two attached hydrogens (primary N) is 1. The molecule has 0 heterocycles. The predicted molar refractivity (Wildman–Crippen MR) is 126 cm³/mol. The first-order chi connectivity index (χ1) is 16.8. The number of nitrogens with one attached hydrogen (secondary N) is 3. The first kappa shape index (κ1) is 32.6. The SMILES string of the molecule is CCCCCCC(=O)N[C@H](C(=O)O)[C@H](C)OC(=O)N[C@@H](CCCC(N)C(=O)O)C(=O)NC(C)C(=O)O. The fourth-order valence-corrected chi connectivity index (χ4v) is 3.06. The van der Waals surface area contributed by atoms with Crippen LogP contribution in [0.1, 0.15) is 72.1 Å². The molecule has 0 aromatic rings. The number of carboxylic acids is 3. The van der Waals surface area contributed by atoms with Crippen LogP contribution in [0.5, 0.6) is 0 Å². The molecule has 14 heteroatoms. The zero-order chi connectivity index (χ0) is 27.8. The van der Waals surface area contributed by atoms with Crippen molar-refractivity contribution < 1.29 is 48.8 Å². The molecule has 36 heavy (non-hydrogen) atoms. The molecule has 206 valence electrons. The lowest BCUT2D eigenvalue weighted by Crippen LogP contribution is -2.53. The highest BCUT2D eigenvalue weighted by atomic mass is 16.6. The van der Waals surface area contributed by atoms with E-state index in [2.05, 4.69) is 16.0 Å². The van der Waals surface area contributed by atoms with Crippen LogP contribution in [0.4, 0.5) is 4.79 Å². The number of alkyl carbamates (subject to hydrolysis) is 1. The molecule has 0 saturated heterocycles. The first-order valence-corrected chi connectivity index (χ1v) is 11.8. The average molecular weight is 519 g/mol. The molecular weight excluding hydrogens is 480 g/mol. The summed E-state index contributed by atoms with van der Waals surface area (Å²) in [4.78, 5) is 70.5. The van der Waals surface area contributed by atoms with Gasteiger partial charge in [-0.3, -0.25) is 19.2 Å². The number of rotatable bonds is 18. The topological polar surface area (TPSA) is 234 Å². The zero-order valence-electron chi connectivity index (χ0n) is 20.8. The van der Waals surface area contributed by atoms with Gasteiger partial charge < -0.3 is 41.7 Å². The number of aliphatic carboxylic acids is 3. The lowest BCUT2D eigenvalue weighted by molar-refractivity contribution is -0.145. The minimum absolute atomic E-state index is 0.0217. The molecule has 0 saturated carbocycles. The van der Waals surface area contributed by atoms with Gasteiger partial charge in [0.2, 0.25) is 11.8 Å². The largest absolute Gasteiger partial charge is 0.480 e. The number of amides is 3. The highest BCUT2D eigenvalue weighted by Gasteiger charge is 2.31. The molecular formula is C22H38N4O10. The van der Waals surface area contributed by atoms with Gasteiger partial charge in [0.1, 0.15) is 24.2 Å². The summed E-state index contributed by atoms with van der Waals surface area (Å²) >= 11 is 0. The van der Waals surface area contributed by atoms with Crippen molar-refractivity contribution in [1.29, 1.82) is 0 Å². The van der Waals surface area contributed by atoms with E-state index >= 15 is 0 Å². The Kier molecular flexibility index (Phi) is 15.5. The van der Waals surface area contributed by atoms with Gasteiger partial charge in [-0.15, -0.1) is 0 Å². The van der Waals surface area contributed by atoms with Gasteiger partial charge in [0.15, 0.2) is 6.04 Å². The predicted octanol–water partition coefficient (Wildman–Crippen LogP) is 0.181. The fraction of sp³-hybridized carbons (Fsp3) is 0.727. The van der Waals surface area contributed by atoms with E-state index in [1.54, 1.807) is 0 Å². The van der Waals surface area contributed by atoms with Crippen molar-refractivity contribution in [3.05, 3.63) is 0 Å². The van der Waals surface area contributed by atoms with Gasteiger partial charge in [-0.25, -0.2) is 9.59 Å². The molecule has 0 aliphatic heterocycles. The number of carbonyl (C=O) groups excluding carboxylic acids is 3. The van der Waals surface area contributed by atoms with Crippen LogP contribution in [-0.4, -0.2) is 81.4 Å². The normalized spacial score (nSPS) is 14.9. The second-order valence-corrected chi connectivity index (χ2v) is 8.45. The maximum absolute atomic E-state index is 12.5. The summed E-state index contributed by atoms with van der Waals surface area (Å²) in [5.74, 6) is -5.37. The van der Waals surface area contributed by atoms with Crippen molar-refractivity contribution in [2.75, 3.05) is 0 Å². The molecule has 5 atom stereocenters. The van der Waals surface area contributed by atoms with Crippen LogP contribution in [0.25, 0.3) is 0 Å². The van der Waals surface area contributed by atoms with E-state index in [4.69, 9.17) is 20.7 Å². The van der Waals surface area contributed by atoms with Crippen molar-refractivity contribution in [2.45, 2.75) is 102 Å². The van der Waals surface area contributed by atoms with Crippen LogP contribution >= 0.6 is 0 Å². The molecule has 0 aromatic heterocycles. The van der Waals surface area contributed by atoms with E-state index in [-0.39, 0.29) is 25.7 Å². The highest BCUT2D eigenvalue weighted by molar-refractivity contribution is 5.89. The second kappa shape index (κ2) is 17.1. The molecule has 0 radical (unpaired) electrons. The monoisotopic (exact) mass is 518 g/mol. The van der Waals surface area contributed by atoms with E-state index in [0.29, 0.717) is 6.42 Å². The van der Waals surface area contributed by atoms with Crippen LogP contribution in [0.3, 0.4) is 0 Å². The second-order valence-electron chi connectivity index (χ2n) is 8.45. The Morgan fingerprint density at radius 3 is 1.97 bits per heavy atom. The Morgan fingerprint density at radius 2 is 1.44 bits per heavy atom. The molecule has 0 fully saturated rings. The number of unbranched alkanes of at least 4 members (excludes halogenated alkanes) is 3. The first-order valence-electron chi connectivity index (χ1n) is 11.8. The summed E-state index contributed by atoms with van der Waals surface area (Å²) < 4.78 is 5.06. The van der Waals surface area contributed by atoms with Gasteiger partial charge in [-0.05, 0) is 39.5 Å². The average Bonchev–Trinajstić information content (AvgIpc) is 2.78. The van der Waals surface area contributed by atoms with Gasteiger partial charge in [-0.1, -0.05) is 26.2 Å². The van der Waals surface area contributed by atoms with Gasteiger partial charge in [0.25, 0.3) is 0 Å². The molecule has 3 amide bonds. The minimum Gasteiger partial charge on any atom is -0.480 e. The summed E-state index contributed by atoms with van der Waals surface area (Å²) in [5.41, 5.74) is 5.43. The molecule has 14 nitrogen and oxygen atoms in total. The van der Waals surface area contributed by atoms with Crippen LogP contribution in [0.15, 0.2) is 0 Å².